The van der Waals surface area contributed by atoms with Crippen molar-refractivity contribution in [2.75, 3.05) is 12.4 Å². The van der Waals surface area contributed by atoms with Crippen molar-refractivity contribution in [3.63, 3.8) is 0 Å². The van der Waals surface area contributed by atoms with E-state index in [1.807, 2.05) is 0 Å². The number of methoxy groups -OCH3 is 1. The number of nitrogens with zero attached hydrogens (tertiary/aromatic N) is 2. The lowest BCUT2D eigenvalue weighted by Gasteiger charge is -2.13. The van der Waals surface area contributed by atoms with Crippen LogP contribution in [-0.4, -0.2) is 28.8 Å². The molecule has 0 unspecified atom stereocenters. The van der Waals surface area contributed by atoms with Gasteiger partial charge >= 0.3 is 0 Å². The van der Waals surface area contributed by atoms with Gasteiger partial charge in [0.15, 0.2) is 11.5 Å². The summed E-state index contributed by atoms with van der Waals surface area (Å²) in [6.07, 6.45) is 0. The van der Waals surface area contributed by atoms with Crippen molar-refractivity contribution in [3.8, 4) is 11.5 Å². The highest BCUT2D eigenvalue weighted by Crippen LogP contribution is 2.35. The highest BCUT2D eigenvalue weighted by molar-refractivity contribution is 7.07. The lowest BCUT2D eigenvalue weighted by atomic mass is 10.1. The summed E-state index contributed by atoms with van der Waals surface area (Å²) in [6.45, 7) is 3.84. The quantitative estimate of drug-likeness (QED) is 0.326. The average Bonchev–Trinajstić information content (AvgIpc) is 3.35. The van der Waals surface area contributed by atoms with Crippen molar-refractivity contribution in [1.29, 1.82) is 0 Å². The van der Waals surface area contributed by atoms with Crippen LogP contribution in [0, 0.1) is 16.0 Å². The van der Waals surface area contributed by atoms with Crippen molar-refractivity contribution in [1.82, 2.24) is 10.3 Å². The van der Waals surface area contributed by atoms with Crippen molar-refractivity contribution >= 4 is 34.5 Å². The smallest absolute Gasteiger partial charge is 0.286 e. The number of carbonyl (C=O) groups excluding carboxylic acids is 2. The Morgan fingerprint density at radius 1 is 1.18 bits per heavy atom. The van der Waals surface area contributed by atoms with Crippen molar-refractivity contribution in [2.45, 2.75) is 27.0 Å². The predicted molar refractivity (Wildman–Crippen MR) is 127 cm³/mol. The van der Waals surface area contributed by atoms with Gasteiger partial charge in [-0.25, -0.2) is 4.98 Å². The van der Waals surface area contributed by atoms with E-state index < -0.39 is 16.5 Å². The summed E-state index contributed by atoms with van der Waals surface area (Å²) >= 11 is 1.40. The fourth-order valence-electron chi connectivity index (χ4n) is 2.89. The van der Waals surface area contributed by atoms with E-state index in [9.17, 15) is 19.7 Å². The van der Waals surface area contributed by atoms with Gasteiger partial charge in [0.1, 0.15) is 12.2 Å². The molecule has 3 aromatic rings. The fourth-order valence-corrected chi connectivity index (χ4v) is 3.43. The molecule has 1 heterocycles. The zero-order valence-corrected chi connectivity index (χ0v) is 19.7. The van der Waals surface area contributed by atoms with Crippen molar-refractivity contribution in [3.05, 3.63) is 74.2 Å². The fraction of sp³-hybridized carbons (Fsp3) is 0.261. The maximum atomic E-state index is 12.8. The van der Waals surface area contributed by atoms with Gasteiger partial charge in [-0.05, 0) is 17.7 Å². The zero-order chi connectivity index (χ0) is 24.7. The second-order valence-corrected chi connectivity index (χ2v) is 8.29. The third-order valence-electron chi connectivity index (χ3n) is 4.78. The Kier molecular flexibility index (Phi) is 8.14. The van der Waals surface area contributed by atoms with Crippen LogP contribution in [0.1, 0.15) is 35.5 Å². The Morgan fingerprint density at radius 2 is 1.91 bits per heavy atom. The molecule has 2 N–H and O–H groups in total. The molecule has 0 aliphatic carbocycles. The van der Waals surface area contributed by atoms with Gasteiger partial charge in [-0.2, -0.15) is 0 Å². The van der Waals surface area contributed by atoms with E-state index in [1.54, 1.807) is 49.0 Å². The molecule has 0 aliphatic heterocycles. The highest BCUT2D eigenvalue weighted by atomic mass is 32.1. The zero-order valence-electron chi connectivity index (χ0n) is 18.9. The largest absolute Gasteiger partial charge is 0.493 e. The van der Waals surface area contributed by atoms with Crippen LogP contribution in [0.4, 0.5) is 11.4 Å². The first-order valence-corrected chi connectivity index (χ1v) is 11.3. The maximum Gasteiger partial charge on any atom is 0.286 e. The number of anilines is 1. The van der Waals surface area contributed by atoms with E-state index in [-0.39, 0.29) is 42.0 Å². The summed E-state index contributed by atoms with van der Waals surface area (Å²) in [5.74, 6) is -0.542. The number of nitrogens with one attached hydrogen (secondary N) is 2. The van der Waals surface area contributed by atoms with Crippen LogP contribution in [-0.2, 0) is 17.9 Å². The number of aromatic nitrogens is 1. The summed E-state index contributed by atoms with van der Waals surface area (Å²) in [5.41, 5.74) is 3.17. The molecule has 11 heteroatoms. The molecule has 0 atom stereocenters. The number of carbonyl (C=O) groups is 2. The molecule has 0 fully saturated rings. The summed E-state index contributed by atoms with van der Waals surface area (Å²) in [7, 11) is 1.39. The second-order valence-electron chi connectivity index (χ2n) is 7.57. The minimum absolute atomic E-state index is 0.0960. The Hall–Kier alpha value is -3.99. The van der Waals surface area contributed by atoms with Gasteiger partial charge in [-0.15, -0.1) is 11.3 Å². The van der Waals surface area contributed by atoms with Crippen LogP contribution < -0.4 is 20.1 Å². The number of hydrogen-bond donors (Lipinski definition) is 2. The third-order valence-corrected chi connectivity index (χ3v) is 5.42. The number of ether oxygens (including phenoxy) is 2. The minimum Gasteiger partial charge on any atom is -0.493 e. The number of nitro benzene ring substituents is 1. The lowest BCUT2D eigenvalue weighted by Crippen LogP contribution is -2.24. The molecule has 178 valence electrons. The molecule has 0 spiro atoms. The first-order valence-electron chi connectivity index (χ1n) is 10.3. The number of amides is 2. The molecule has 0 bridgehead atoms. The van der Waals surface area contributed by atoms with Gasteiger partial charge in [-0.1, -0.05) is 26.0 Å². The molecule has 3 rings (SSSR count). The summed E-state index contributed by atoms with van der Waals surface area (Å²) in [4.78, 5) is 39.7. The normalized spacial score (nSPS) is 10.6. The van der Waals surface area contributed by atoms with E-state index in [4.69, 9.17) is 9.47 Å². The molecule has 1 aromatic heterocycles. The molecule has 0 radical (unpaired) electrons. The Bertz CT molecular complexity index is 1160. The van der Waals surface area contributed by atoms with E-state index in [0.717, 1.165) is 5.56 Å². The molecule has 34 heavy (non-hydrogen) atoms. The molecule has 0 saturated heterocycles. The topological polar surface area (TPSA) is 133 Å². The van der Waals surface area contributed by atoms with Crippen LogP contribution in [0.15, 0.2) is 47.3 Å². The Morgan fingerprint density at radius 3 is 2.50 bits per heavy atom. The van der Waals surface area contributed by atoms with Crippen LogP contribution in [0.2, 0.25) is 0 Å². The van der Waals surface area contributed by atoms with E-state index >= 15 is 0 Å². The van der Waals surface area contributed by atoms with Crippen LogP contribution in [0.3, 0.4) is 0 Å². The van der Waals surface area contributed by atoms with E-state index in [2.05, 4.69) is 15.6 Å². The highest BCUT2D eigenvalue weighted by Gasteiger charge is 2.25. The van der Waals surface area contributed by atoms with Gasteiger partial charge in [0.25, 0.3) is 11.6 Å². The Balaban J connectivity index is 1.71. The van der Waals surface area contributed by atoms with Crippen LogP contribution in [0.25, 0.3) is 0 Å². The Labute approximate surface area is 200 Å². The second kappa shape index (κ2) is 11.2. The average molecular weight is 485 g/mol. The van der Waals surface area contributed by atoms with E-state index in [0.29, 0.717) is 11.4 Å². The minimum atomic E-state index is -0.643. The maximum absolute atomic E-state index is 12.8. The SMILES string of the molecule is COc1cc(C(=O)NCc2ccc(NC(=O)C(C)C)cc2)c([N+](=O)[O-])cc1OCc1cscn1. The standard InChI is InChI=1S/C23H24N4O6S/c1-14(2)22(28)26-16-6-4-15(5-7-16)10-24-23(29)18-8-20(32-3)21(9-19(18)27(30)31)33-11-17-12-34-13-25-17/h4-9,12-14H,10-11H2,1-3H3,(H,24,29)(H,26,28). The number of rotatable bonds is 10. The number of thiazole rings is 1. The van der Waals surface area contributed by atoms with Gasteiger partial charge in [0, 0.05) is 29.6 Å². The summed E-state index contributed by atoms with van der Waals surface area (Å²) in [6, 6.07) is 9.41. The monoisotopic (exact) mass is 484 g/mol. The van der Waals surface area contributed by atoms with Gasteiger partial charge in [0.05, 0.1) is 29.3 Å². The van der Waals surface area contributed by atoms with Crippen LogP contribution >= 0.6 is 11.3 Å². The van der Waals surface area contributed by atoms with Gasteiger partial charge in [0.2, 0.25) is 5.91 Å². The first-order chi connectivity index (χ1) is 16.3. The molecule has 10 nitrogen and oxygen atoms in total. The van der Waals surface area contributed by atoms with Crippen molar-refractivity contribution in [2.24, 2.45) is 5.92 Å². The molecular formula is C23H24N4O6S. The number of benzene rings is 2. The molecule has 2 aromatic carbocycles. The number of nitro groups is 1. The molecular weight excluding hydrogens is 460 g/mol. The molecule has 0 aliphatic rings. The first kappa shape index (κ1) is 24.6. The van der Waals surface area contributed by atoms with Gasteiger partial charge < -0.3 is 20.1 Å². The lowest BCUT2D eigenvalue weighted by molar-refractivity contribution is -0.385. The molecule has 0 saturated carbocycles. The van der Waals surface area contributed by atoms with Crippen molar-refractivity contribution < 1.29 is 24.0 Å². The third kappa shape index (κ3) is 6.29. The van der Waals surface area contributed by atoms with E-state index in [1.165, 1.54) is 30.6 Å². The van der Waals surface area contributed by atoms with Gasteiger partial charge in [-0.3, -0.25) is 19.7 Å². The predicted octanol–water partition coefficient (Wildman–Crippen LogP) is 4.16. The summed E-state index contributed by atoms with van der Waals surface area (Å²) < 4.78 is 10.9. The summed E-state index contributed by atoms with van der Waals surface area (Å²) in [5, 5.41) is 18.9. The number of hydrogen-bond acceptors (Lipinski definition) is 8. The molecule has 2 amide bonds. The van der Waals surface area contributed by atoms with Crippen LogP contribution in [0.5, 0.6) is 11.5 Å².